The number of nitrogens with zero attached hydrogens (tertiary/aromatic N) is 3. The van der Waals surface area contributed by atoms with E-state index in [9.17, 15) is 0 Å². The Balaban J connectivity index is 2.61. The highest BCUT2D eigenvalue weighted by Crippen LogP contribution is 2.14. The summed E-state index contributed by atoms with van der Waals surface area (Å²) in [5, 5.41) is 16.8. The van der Waals surface area contributed by atoms with Gasteiger partial charge in [0, 0.05) is 10.7 Å². The van der Waals surface area contributed by atoms with Crippen molar-refractivity contribution in [1.29, 1.82) is 0 Å². The van der Waals surface area contributed by atoms with E-state index in [1.165, 1.54) is 0 Å². The summed E-state index contributed by atoms with van der Waals surface area (Å²) in [6.45, 7) is -0.146. The molecule has 0 amide bonds. The molecule has 0 aliphatic carbocycles. The second-order valence-corrected chi connectivity index (χ2v) is 3.84. The van der Waals surface area contributed by atoms with E-state index in [1.807, 2.05) is 18.3 Å². The van der Waals surface area contributed by atoms with Gasteiger partial charge in [-0.3, -0.25) is 4.40 Å². The van der Waals surface area contributed by atoms with E-state index in [1.54, 1.807) is 4.40 Å². The van der Waals surface area contributed by atoms with Gasteiger partial charge in [0.1, 0.15) is 0 Å². The van der Waals surface area contributed by atoms with Crippen molar-refractivity contribution < 1.29 is 5.11 Å². The lowest BCUT2D eigenvalue weighted by molar-refractivity contribution is 0.263. The van der Waals surface area contributed by atoms with Crippen LogP contribution in [0.5, 0.6) is 0 Å². The lowest BCUT2D eigenvalue weighted by Gasteiger charge is -2.05. The van der Waals surface area contributed by atoms with Gasteiger partial charge in [0.2, 0.25) is 0 Å². The van der Waals surface area contributed by atoms with Crippen LogP contribution in [0.3, 0.4) is 0 Å². The summed E-state index contributed by atoms with van der Waals surface area (Å²) in [6, 6.07) is 3.20. The number of pyridine rings is 1. The molecule has 0 fully saturated rings. The molecule has 3 N–H and O–H groups in total. The van der Waals surface area contributed by atoms with Crippen LogP contribution in [0.15, 0.2) is 22.8 Å². The predicted molar refractivity (Wildman–Crippen MR) is 54.7 cm³/mol. The van der Waals surface area contributed by atoms with E-state index in [4.69, 9.17) is 10.8 Å². The van der Waals surface area contributed by atoms with Crippen LogP contribution in [0.2, 0.25) is 0 Å². The van der Waals surface area contributed by atoms with Crippen molar-refractivity contribution >= 4 is 21.6 Å². The summed E-state index contributed by atoms with van der Waals surface area (Å²) in [7, 11) is 0. The molecule has 14 heavy (non-hydrogen) atoms. The molecular formula is C8H9BrN4O. The maximum atomic E-state index is 8.92. The maximum Gasteiger partial charge on any atom is 0.160 e. The molecule has 6 heteroatoms. The molecule has 2 heterocycles. The van der Waals surface area contributed by atoms with Gasteiger partial charge in [-0.15, -0.1) is 10.2 Å². The number of hydrogen-bond acceptors (Lipinski definition) is 4. The summed E-state index contributed by atoms with van der Waals surface area (Å²) in [4.78, 5) is 0. The molecule has 0 aliphatic rings. The zero-order valence-corrected chi connectivity index (χ0v) is 8.85. The van der Waals surface area contributed by atoms with Crippen molar-refractivity contribution in [3.05, 3.63) is 28.6 Å². The smallest absolute Gasteiger partial charge is 0.160 e. The Kier molecular flexibility index (Phi) is 2.49. The summed E-state index contributed by atoms with van der Waals surface area (Å²) < 4.78 is 2.67. The van der Waals surface area contributed by atoms with Crippen LogP contribution in [0, 0.1) is 0 Å². The highest BCUT2D eigenvalue weighted by Gasteiger charge is 2.12. The molecular weight excluding hydrogens is 248 g/mol. The fourth-order valence-corrected chi connectivity index (χ4v) is 1.55. The van der Waals surface area contributed by atoms with Crippen LogP contribution in [0.1, 0.15) is 11.9 Å². The number of hydrogen-bond donors (Lipinski definition) is 2. The average molecular weight is 257 g/mol. The molecule has 0 bridgehead atoms. The Labute approximate surface area is 88.7 Å². The van der Waals surface area contributed by atoms with Gasteiger partial charge in [-0.2, -0.15) is 0 Å². The van der Waals surface area contributed by atoms with Crippen LogP contribution in [0.4, 0.5) is 0 Å². The van der Waals surface area contributed by atoms with E-state index < -0.39 is 6.04 Å². The molecule has 2 aromatic heterocycles. The van der Waals surface area contributed by atoms with Crippen molar-refractivity contribution in [2.24, 2.45) is 5.73 Å². The summed E-state index contributed by atoms with van der Waals surface area (Å²) in [5.41, 5.74) is 6.38. The van der Waals surface area contributed by atoms with Gasteiger partial charge in [0.05, 0.1) is 12.6 Å². The molecule has 0 aliphatic heterocycles. The van der Waals surface area contributed by atoms with E-state index in [0.29, 0.717) is 11.5 Å². The van der Waals surface area contributed by atoms with Crippen LogP contribution in [0.25, 0.3) is 5.65 Å². The van der Waals surface area contributed by atoms with Gasteiger partial charge in [-0.1, -0.05) is 0 Å². The molecule has 1 unspecified atom stereocenters. The van der Waals surface area contributed by atoms with Gasteiger partial charge < -0.3 is 10.8 Å². The van der Waals surface area contributed by atoms with Gasteiger partial charge in [0.25, 0.3) is 0 Å². The van der Waals surface area contributed by atoms with E-state index in [0.717, 1.165) is 4.47 Å². The van der Waals surface area contributed by atoms with E-state index in [-0.39, 0.29) is 6.61 Å². The van der Waals surface area contributed by atoms with Crippen molar-refractivity contribution in [2.75, 3.05) is 6.61 Å². The molecule has 0 aromatic carbocycles. The first-order valence-electron chi connectivity index (χ1n) is 4.09. The number of nitrogens with two attached hydrogens (primary N) is 1. The van der Waals surface area contributed by atoms with Crippen molar-refractivity contribution in [3.63, 3.8) is 0 Å². The molecule has 74 valence electrons. The first-order chi connectivity index (χ1) is 6.72. The minimum Gasteiger partial charge on any atom is -0.394 e. The largest absolute Gasteiger partial charge is 0.394 e. The zero-order valence-electron chi connectivity index (χ0n) is 7.26. The highest BCUT2D eigenvalue weighted by atomic mass is 79.9. The molecule has 0 saturated heterocycles. The van der Waals surface area contributed by atoms with Gasteiger partial charge >= 0.3 is 0 Å². The van der Waals surface area contributed by atoms with Crippen molar-refractivity contribution in [3.8, 4) is 0 Å². The fourth-order valence-electron chi connectivity index (χ4n) is 1.22. The summed E-state index contributed by atoms with van der Waals surface area (Å²) in [6.07, 6.45) is 1.82. The van der Waals surface area contributed by atoms with Crippen LogP contribution in [-0.4, -0.2) is 26.3 Å². The molecule has 0 spiro atoms. The monoisotopic (exact) mass is 256 g/mol. The minimum atomic E-state index is -0.501. The minimum absolute atomic E-state index is 0.146. The number of fused-ring (bicyclic) bond motifs is 1. The highest BCUT2D eigenvalue weighted by molar-refractivity contribution is 9.10. The summed E-state index contributed by atoms with van der Waals surface area (Å²) in [5.74, 6) is 0.559. The summed E-state index contributed by atoms with van der Waals surface area (Å²) >= 11 is 3.34. The number of halogens is 1. The predicted octanol–water partition coefficient (Wildman–Crippen LogP) is 0.484. The first kappa shape index (κ1) is 9.57. The number of aromatic nitrogens is 3. The molecule has 2 aromatic rings. The lowest BCUT2D eigenvalue weighted by atomic mass is 10.3. The molecule has 5 nitrogen and oxygen atoms in total. The van der Waals surface area contributed by atoms with Gasteiger partial charge in [-0.05, 0) is 28.1 Å². The number of aliphatic hydroxyl groups is 1. The third-order valence-electron chi connectivity index (χ3n) is 1.92. The molecule has 1 atom stereocenters. The molecule has 0 radical (unpaired) electrons. The Morgan fingerprint density at radius 2 is 2.29 bits per heavy atom. The number of aliphatic hydroxyl groups excluding tert-OH is 1. The first-order valence-corrected chi connectivity index (χ1v) is 4.88. The quantitative estimate of drug-likeness (QED) is 0.820. The Morgan fingerprint density at radius 1 is 1.50 bits per heavy atom. The second kappa shape index (κ2) is 3.64. The normalized spacial score (nSPS) is 13.4. The van der Waals surface area contributed by atoms with E-state index >= 15 is 0 Å². The SMILES string of the molecule is NC(CO)c1nnc2ccc(Br)cn12. The van der Waals surface area contributed by atoms with Crippen LogP contribution in [-0.2, 0) is 0 Å². The fraction of sp³-hybridized carbons (Fsp3) is 0.250. The number of rotatable bonds is 2. The average Bonchev–Trinajstić information content (AvgIpc) is 2.59. The standard InChI is InChI=1S/C8H9BrN4O/c9-5-1-2-7-11-12-8(6(10)4-14)13(7)3-5/h1-3,6,14H,4,10H2. The lowest BCUT2D eigenvalue weighted by Crippen LogP contribution is -2.17. The Morgan fingerprint density at radius 3 is 3.00 bits per heavy atom. The van der Waals surface area contributed by atoms with Gasteiger partial charge in [0.15, 0.2) is 11.5 Å². The van der Waals surface area contributed by atoms with Crippen LogP contribution < -0.4 is 5.73 Å². The van der Waals surface area contributed by atoms with Crippen LogP contribution >= 0.6 is 15.9 Å². The van der Waals surface area contributed by atoms with Crippen molar-refractivity contribution in [2.45, 2.75) is 6.04 Å². The third kappa shape index (κ3) is 1.52. The Hall–Kier alpha value is -0.980. The van der Waals surface area contributed by atoms with Crippen molar-refractivity contribution in [1.82, 2.24) is 14.6 Å². The molecule has 2 rings (SSSR count). The second-order valence-electron chi connectivity index (χ2n) is 2.92. The zero-order chi connectivity index (χ0) is 10.1. The molecule has 0 saturated carbocycles. The topological polar surface area (TPSA) is 76.4 Å². The Bertz CT molecular complexity index is 456. The van der Waals surface area contributed by atoms with E-state index in [2.05, 4.69) is 26.1 Å². The third-order valence-corrected chi connectivity index (χ3v) is 2.39. The maximum absolute atomic E-state index is 8.92. The van der Waals surface area contributed by atoms with Gasteiger partial charge in [-0.25, -0.2) is 0 Å².